The van der Waals surface area contributed by atoms with E-state index >= 15 is 0 Å². The fourth-order valence-electron chi connectivity index (χ4n) is 3.75. The maximum Gasteiger partial charge on any atom is 0.253 e. The Morgan fingerprint density at radius 1 is 1.00 bits per heavy atom. The zero-order chi connectivity index (χ0) is 19.7. The van der Waals surface area contributed by atoms with E-state index < -0.39 is 0 Å². The number of halogens is 1. The number of para-hydroxylation sites is 1. The maximum absolute atomic E-state index is 13.1. The second-order valence-corrected chi connectivity index (χ2v) is 7.12. The molecule has 2 aromatic carbocycles. The molecule has 1 N–H and O–H groups in total. The Morgan fingerprint density at radius 2 is 1.68 bits per heavy atom. The molecule has 1 aliphatic rings. The number of fused-ring (bicyclic) bond motifs is 1. The van der Waals surface area contributed by atoms with Crippen LogP contribution in [0.1, 0.15) is 27.6 Å². The van der Waals surface area contributed by atoms with Gasteiger partial charge in [-0.3, -0.25) is 14.5 Å². The van der Waals surface area contributed by atoms with Gasteiger partial charge in [0.25, 0.3) is 5.91 Å². The van der Waals surface area contributed by atoms with Gasteiger partial charge in [0.1, 0.15) is 5.82 Å². The molecule has 0 aliphatic carbocycles. The molecule has 1 atom stereocenters. The summed E-state index contributed by atoms with van der Waals surface area (Å²) in [5.41, 5.74) is 2.14. The van der Waals surface area contributed by atoms with Crippen LogP contribution in [0.4, 0.5) is 4.39 Å². The SMILES string of the molecule is CC(C(=O)c1c[nH]c2ccccc12)N1CCN(C(=O)c2ccc(F)cc2)CC1. The molecule has 0 spiro atoms. The average molecular weight is 379 g/mol. The van der Waals surface area contributed by atoms with Gasteiger partial charge in [-0.1, -0.05) is 18.2 Å². The third kappa shape index (κ3) is 3.43. The number of ketones is 1. The number of piperazine rings is 1. The van der Waals surface area contributed by atoms with Gasteiger partial charge in [-0.15, -0.1) is 0 Å². The minimum Gasteiger partial charge on any atom is -0.360 e. The summed E-state index contributed by atoms with van der Waals surface area (Å²) in [6.45, 7) is 4.26. The molecule has 1 aromatic heterocycles. The lowest BCUT2D eigenvalue weighted by Crippen LogP contribution is -2.53. The lowest BCUT2D eigenvalue weighted by Gasteiger charge is -2.37. The topological polar surface area (TPSA) is 56.4 Å². The smallest absolute Gasteiger partial charge is 0.253 e. The largest absolute Gasteiger partial charge is 0.360 e. The molecule has 5 nitrogen and oxygen atoms in total. The number of aromatic amines is 1. The Balaban J connectivity index is 1.41. The van der Waals surface area contributed by atoms with Crippen LogP contribution in [0.15, 0.2) is 54.7 Å². The predicted octanol–water partition coefficient (Wildman–Crippen LogP) is 3.34. The van der Waals surface area contributed by atoms with E-state index in [1.54, 1.807) is 11.1 Å². The molecular formula is C22H22FN3O2. The Hall–Kier alpha value is -2.99. The highest BCUT2D eigenvalue weighted by Gasteiger charge is 2.29. The van der Waals surface area contributed by atoms with Crippen molar-refractivity contribution in [2.45, 2.75) is 13.0 Å². The van der Waals surface area contributed by atoms with Crippen LogP contribution in [-0.4, -0.2) is 58.7 Å². The molecule has 6 heteroatoms. The minimum absolute atomic E-state index is 0.0794. The fraction of sp³-hybridized carbons (Fsp3) is 0.273. The quantitative estimate of drug-likeness (QED) is 0.708. The average Bonchev–Trinajstić information content (AvgIpc) is 3.17. The van der Waals surface area contributed by atoms with E-state index in [0.29, 0.717) is 37.3 Å². The Labute approximate surface area is 162 Å². The van der Waals surface area contributed by atoms with E-state index in [0.717, 1.165) is 10.9 Å². The fourth-order valence-corrected chi connectivity index (χ4v) is 3.75. The third-order valence-corrected chi connectivity index (χ3v) is 5.47. The van der Waals surface area contributed by atoms with Crippen molar-refractivity contribution in [3.05, 3.63) is 71.7 Å². The van der Waals surface area contributed by atoms with Crippen molar-refractivity contribution in [3.63, 3.8) is 0 Å². The van der Waals surface area contributed by atoms with E-state index in [2.05, 4.69) is 9.88 Å². The Bertz CT molecular complexity index is 1000. The zero-order valence-corrected chi connectivity index (χ0v) is 15.7. The lowest BCUT2D eigenvalue weighted by atomic mass is 10.0. The number of aromatic nitrogens is 1. The number of hydrogen-bond acceptors (Lipinski definition) is 3. The number of nitrogens with one attached hydrogen (secondary N) is 1. The molecule has 1 fully saturated rings. The van der Waals surface area contributed by atoms with Gasteiger partial charge in [-0.25, -0.2) is 4.39 Å². The molecule has 1 unspecified atom stereocenters. The maximum atomic E-state index is 13.1. The highest BCUT2D eigenvalue weighted by atomic mass is 19.1. The second kappa shape index (κ2) is 7.56. The highest BCUT2D eigenvalue weighted by molar-refractivity contribution is 6.10. The predicted molar refractivity (Wildman–Crippen MR) is 106 cm³/mol. The van der Waals surface area contributed by atoms with Crippen LogP contribution in [0.25, 0.3) is 10.9 Å². The van der Waals surface area contributed by atoms with Crippen LogP contribution in [-0.2, 0) is 0 Å². The Kier molecular flexibility index (Phi) is 4.96. The molecule has 4 rings (SSSR count). The summed E-state index contributed by atoms with van der Waals surface area (Å²) in [5.74, 6) is -0.378. The molecule has 0 saturated carbocycles. The summed E-state index contributed by atoms with van der Waals surface area (Å²) in [4.78, 5) is 32.6. The molecule has 2 heterocycles. The summed E-state index contributed by atoms with van der Waals surface area (Å²) in [7, 11) is 0. The van der Waals surface area contributed by atoms with Gasteiger partial charge in [0.05, 0.1) is 6.04 Å². The number of amides is 1. The number of carbonyl (C=O) groups excluding carboxylic acids is 2. The van der Waals surface area contributed by atoms with Crippen LogP contribution in [0.3, 0.4) is 0 Å². The van der Waals surface area contributed by atoms with Gasteiger partial charge in [-0.05, 0) is 37.3 Å². The molecule has 144 valence electrons. The molecular weight excluding hydrogens is 357 g/mol. The summed E-state index contributed by atoms with van der Waals surface area (Å²) >= 11 is 0. The van der Waals surface area contributed by atoms with Crippen molar-refractivity contribution >= 4 is 22.6 Å². The van der Waals surface area contributed by atoms with Gasteiger partial charge < -0.3 is 9.88 Å². The molecule has 0 radical (unpaired) electrons. The summed E-state index contributed by atoms with van der Waals surface area (Å²) in [6.07, 6.45) is 1.78. The minimum atomic E-state index is -0.356. The summed E-state index contributed by atoms with van der Waals surface area (Å²) < 4.78 is 13.1. The lowest BCUT2D eigenvalue weighted by molar-refractivity contribution is 0.0552. The van der Waals surface area contributed by atoms with Gasteiger partial charge in [0.2, 0.25) is 0 Å². The van der Waals surface area contributed by atoms with Crippen molar-refractivity contribution in [1.82, 2.24) is 14.8 Å². The van der Waals surface area contributed by atoms with Gasteiger partial charge in [0.15, 0.2) is 5.78 Å². The Morgan fingerprint density at radius 3 is 2.39 bits per heavy atom. The van der Waals surface area contributed by atoms with Crippen LogP contribution in [0.5, 0.6) is 0 Å². The molecule has 28 heavy (non-hydrogen) atoms. The van der Waals surface area contributed by atoms with Crippen molar-refractivity contribution in [2.75, 3.05) is 26.2 Å². The van der Waals surface area contributed by atoms with Crippen LogP contribution >= 0.6 is 0 Å². The van der Waals surface area contributed by atoms with Crippen LogP contribution in [0.2, 0.25) is 0 Å². The monoisotopic (exact) mass is 379 g/mol. The number of rotatable bonds is 4. The highest BCUT2D eigenvalue weighted by Crippen LogP contribution is 2.21. The molecule has 1 amide bonds. The molecule has 1 saturated heterocycles. The molecule has 1 aliphatic heterocycles. The van der Waals surface area contributed by atoms with Gasteiger partial charge in [0, 0.05) is 54.4 Å². The van der Waals surface area contributed by atoms with Crippen molar-refractivity contribution in [2.24, 2.45) is 0 Å². The number of nitrogens with zero attached hydrogens (tertiary/aromatic N) is 2. The number of Topliss-reactive ketones (excluding diaryl/α,β-unsaturated/α-hetero) is 1. The van der Waals surface area contributed by atoms with E-state index in [-0.39, 0.29) is 23.5 Å². The van der Waals surface area contributed by atoms with E-state index in [1.165, 1.54) is 24.3 Å². The number of carbonyl (C=O) groups is 2. The standard InChI is InChI=1S/C22H22FN3O2/c1-15(21(27)19-14-24-20-5-3-2-4-18(19)20)25-10-12-26(13-11-25)22(28)16-6-8-17(23)9-7-16/h2-9,14-15,24H,10-13H2,1H3. The van der Waals surface area contributed by atoms with Crippen LogP contribution in [0, 0.1) is 5.82 Å². The van der Waals surface area contributed by atoms with Crippen molar-refractivity contribution < 1.29 is 14.0 Å². The van der Waals surface area contributed by atoms with Crippen molar-refractivity contribution in [1.29, 1.82) is 0 Å². The van der Waals surface area contributed by atoms with Crippen molar-refractivity contribution in [3.8, 4) is 0 Å². The zero-order valence-electron chi connectivity index (χ0n) is 15.7. The van der Waals surface area contributed by atoms with E-state index in [9.17, 15) is 14.0 Å². The summed E-state index contributed by atoms with van der Waals surface area (Å²) in [6, 6.07) is 13.1. The number of hydrogen-bond donors (Lipinski definition) is 1. The summed E-state index contributed by atoms with van der Waals surface area (Å²) in [5, 5.41) is 0.935. The second-order valence-electron chi connectivity index (χ2n) is 7.12. The molecule has 3 aromatic rings. The first-order valence-electron chi connectivity index (χ1n) is 9.44. The number of H-pyrrole nitrogens is 1. The number of benzene rings is 2. The third-order valence-electron chi connectivity index (χ3n) is 5.47. The van der Waals surface area contributed by atoms with E-state index in [1.807, 2.05) is 31.2 Å². The first kappa shape index (κ1) is 18.4. The normalized spacial score (nSPS) is 16.3. The first-order chi connectivity index (χ1) is 13.5. The first-order valence-corrected chi connectivity index (χ1v) is 9.44. The van der Waals surface area contributed by atoms with Crippen LogP contribution < -0.4 is 0 Å². The van der Waals surface area contributed by atoms with E-state index in [4.69, 9.17) is 0 Å². The van der Waals surface area contributed by atoms with Gasteiger partial charge >= 0.3 is 0 Å². The molecule has 0 bridgehead atoms. The van der Waals surface area contributed by atoms with Gasteiger partial charge in [-0.2, -0.15) is 0 Å².